The van der Waals surface area contributed by atoms with Crippen LogP contribution in [0.25, 0.3) is 0 Å². The van der Waals surface area contributed by atoms with Crippen molar-refractivity contribution in [1.29, 1.82) is 5.26 Å². The number of carbonyl (C=O) groups is 1. The van der Waals surface area contributed by atoms with Crippen molar-refractivity contribution in [3.63, 3.8) is 0 Å². The van der Waals surface area contributed by atoms with Gasteiger partial charge in [-0.2, -0.15) is 10.4 Å². The summed E-state index contributed by atoms with van der Waals surface area (Å²) in [5, 5.41) is 15.6. The summed E-state index contributed by atoms with van der Waals surface area (Å²) in [6.45, 7) is 4.14. The second-order valence-electron chi connectivity index (χ2n) is 5.57. The Morgan fingerprint density at radius 1 is 1.58 bits per heavy atom. The van der Waals surface area contributed by atoms with Gasteiger partial charge in [0.25, 0.3) is 0 Å². The second kappa shape index (κ2) is 7.41. The Bertz CT molecular complexity index is 921. The zero-order valence-electron chi connectivity index (χ0n) is 14.3. The third-order valence-electron chi connectivity index (χ3n) is 3.87. The van der Waals surface area contributed by atoms with Gasteiger partial charge in [0.1, 0.15) is 30.1 Å². The van der Waals surface area contributed by atoms with Crippen molar-refractivity contribution in [3.8, 4) is 6.07 Å². The van der Waals surface area contributed by atoms with Gasteiger partial charge in [0.15, 0.2) is 0 Å². The summed E-state index contributed by atoms with van der Waals surface area (Å²) in [6, 6.07) is 4.00. The first-order valence-corrected chi connectivity index (χ1v) is 8.78. The fraction of sp³-hybridized carbons (Fsp3) is 0.294. The Balaban J connectivity index is 2.00. The van der Waals surface area contributed by atoms with Crippen molar-refractivity contribution in [2.75, 3.05) is 6.61 Å². The van der Waals surface area contributed by atoms with E-state index in [9.17, 15) is 10.1 Å². The van der Waals surface area contributed by atoms with Gasteiger partial charge in [-0.1, -0.05) is 0 Å². The highest BCUT2D eigenvalue weighted by molar-refractivity contribution is 7.10. The number of esters is 1. The maximum atomic E-state index is 12.5. The largest absolute Gasteiger partial charge is 0.463 e. The maximum absolute atomic E-state index is 12.5. The fourth-order valence-corrected chi connectivity index (χ4v) is 3.79. The van der Waals surface area contributed by atoms with E-state index in [2.05, 4.69) is 16.2 Å². The monoisotopic (exact) mass is 371 g/mol. The number of nitrogens with zero attached hydrogens (tertiary/aromatic N) is 4. The van der Waals surface area contributed by atoms with Crippen LogP contribution >= 0.6 is 11.3 Å². The molecule has 0 amide bonds. The van der Waals surface area contributed by atoms with E-state index in [0.29, 0.717) is 17.9 Å². The Morgan fingerprint density at radius 3 is 3.04 bits per heavy atom. The highest BCUT2D eigenvalue weighted by Crippen LogP contribution is 2.41. The third-order valence-corrected chi connectivity index (χ3v) is 4.92. The van der Waals surface area contributed by atoms with Gasteiger partial charge in [-0.15, -0.1) is 11.3 Å². The molecule has 26 heavy (non-hydrogen) atoms. The van der Waals surface area contributed by atoms with Crippen LogP contribution in [0.3, 0.4) is 0 Å². The predicted octanol–water partition coefficient (Wildman–Crippen LogP) is 2.03. The van der Waals surface area contributed by atoms with Crippen LogP contribution < -0.4 is 5.73 Å². The molecule has 134 valence electrons. The zero-order chi connectivity index (χ0) is 18.7. The number of nitriles is 1. The predicted molar refractivity (Wildman–Crippen MR) is 93.4 cm³/mol. The minimum Gasteiger partial charge on any atom is -0.463 e. The number of hydrogen-bond donors (Lipinski definition) is 1. The lowest BCUT2D eigenvalue weighted by Gasteiger charge is -2.25. The lowest BCUT2D eigenvalue weighted by Crippen LogP contribution is -2.25. The molecule has 2 aromatic heterocycles. The van der Waals surface area contributed by atoms with Gasteiger partial charge in [0.2, 0.25) is 5.88 Å². The van der Waals surface area contributed by atoms with Crippen LogP contribution in [0, 0.1) is 11.3 Å². The highest BCUT2D eigenvalue weighted by atomic mass is 32.1. The molecule has 0 radical (unpaired) electrons. The van der Waals surface area contributed by atoms with E-state index in [1.807, 2.05) is 11.4 Å². The lowest BCUT2D eigenvalue weighted by molar-refractivity contribution is -0.139. The summed E-state index contributed by atoms with van der Waals surface area (Å²) in [4.78, 5) is 17.2. The molecule has 0 saturated carbocycles. The Labute approximate surface area is 154 Å². The number of carbonyl (C=O) groups excluding carboxylic acids is 1. The van der Waals surface area contributed by atoms with E-state index < -0.39 is 11.9 Å². The number of aromatic nitrogens is 3. The van der Waals surface area contributed by atoms with Crippen molar-refractivity contribution < 1.29 is 14.3 Å². The molecule has 0 unspecified atom stereocenters. The highest BCUT2D eigenvalue weighted by Gasteiger charge is 2.37. The molecule has 0 aliphatic carbocycles. The van der Waals surface area contributed by atoms with Gasteiger partial charge in [-0.05, 0) is 30.9 Å². The molecule has 0 fully saturated rings. The minimum absolute atomic E-state index is 0.00859. The van der Waals surface area contributed by atoms with Crippen molar-refractivity contribution in [1.82, 2.24) is 14.8 Å². The summed E-state index contributed by atoms with van der Waals surface area (Å²) in [7, 11) is 0. The van der Waals surface area contributed by atoms with Crippen LogP contribution in [0.5, 0.6) is 0 Å². The van der Waals surface area contributed by atoms with Gasteiger partial charge in [-0.25, -0.2) is 14.5 Å². The molecule has 3 rings (SSSR count). The quantitative estimate of drug-likeness (QED) is 0.799. The van der Waals surface area contributed by atoms with E-state index in [4.69, 9.17) is 15.2 Å². The van der Waals surface area contributed by atoms with Gasteiger partial charge < -0.3 is 15.2 Å². The summed E-state index contributed by atoms with van der Waals surface area (Å²) >= 11 is 1.44. The SMILES string of the molecule is CCOC(=O)C1=C(C)OC(N)=C(C#N)[C@@H]1c1cc(Cn2cncn2)cs1. The number of ether oxygens (including phenoxy) is 2. The maximum Gasteiger partial charge on any atom is 0.338 e. The smallest absolute Gasteiger partial charge is 0.338 e. The topological polar surface area (TPSA) is 116 Å². The van der Waals surface area contributed by atoms with E-state index in [0.717, 1.165) is 10.4 Å². The Hall–Kier alpha value is -3.12. The third kappa shape index (κ3) is 3.32. The molecule has 0 bridgehead atoms. The van der Waals surface area contributed by atoms with Gasteiger partial charge in [0.05, 0.1) is 24.6 Å². The standard InChI is InChI=1S/C17H17N5O3S/c1-3-24-17(23)14-10(2)25-16(19)12(5-18)15(14)13-4-11(7-26-13)6-22-9-20-8-21-22/h4,7-9,15H,3,6,19H2,1-2H3/t15-/m1/s1. The van der Waals surface area contributed by atoms with Gasteiger partial charge in [-0.3, -0.25) is 0 Å². The summed E-state index contributed by atoms with van der Waals surface area (Å²) < 4.78 is 12.3. The van der Waals surface area contributed by atoms with Crippen molar-refractivity contribution >= 4 is 17.3 Å². The normalized spacial score (nSPS) is 17.0. The van der Waals surface area contributed by atoms with Crippen molar-refractivity contribution in [2.24, 2.45) is 5.73 Å². The molecule has 0 saturated heterocycles. The molecular weight excluding hydrogens is 354 g/mol. The van der Waals surface area contributed by atoms with E-state index in [1.165, 1.54) is 17.7 Å². The average molecular weight is 371 g/mol. The lowest BCUT2D eigenvalue weighted by atomic mass is 9.87. The molecule has 9 heteroatoms. The first-order chi connectivity index (χ1) is 12.5. The molecule has 1 aliphatic heterocycles. The molecule has 2 aromatic rings. The summed E-state index contributed by atoms with van der Waals surface area (Å²) in [6.07, 6.45) is 3.09. The van der Waals surface area contributed by atoms with Crippen molar-refractivity contribution in [2.45, 2.75) is 26.3 Å². The van der Waals surface area contributed by atoms with Gasteiger partial charge in [0, 0.05) is 4.88 Å². The summed E-state index contributed by atoms with van der Waals surface area (Å²) in [5.74, 6) is -0.769. The molecule has 3 heterocycles. The second-order valence-corrected chi connectivity index (χ2v) is 6.51. The van der Waals surface area contributed by atoms with Crippen molar-refractivity contribution in [3.05, 3.63) is 57.3 Å². The molecule has 8 nitrogen and oxygen atoms in total. The van der Waals surface area contributed by atoms with Crippen LogP contribution in [0.1, 0.15) is 30.2 Å². The van der Waals surface area contributed by atoms with Crippen LogP contribution in [0.4, 0.5) is 0 Å². The number of rotatable bonds is 5. The zero-order valence-corrected chi connectivity index (χ0v) is 15.1. The molecule has 2 N–H and O–H groups in total. The molecule has 1 atom stereocenters. The van der Waals surface area contributed by atoms with Crippen LogP contribution in [-0.4, -0.2) is 27.3 Å². The number of hydrogen-bond acceptors (Lipinski definition) is 8. The average Bonchev–Trinajstić information content (AvgIpc) is 3.26. The van der Waals surface area contributed by atoms with Crippen LogP contribution in [-0.2, 0) is 20.8 Å². The number of allylic oxidation sites excluding steroid dienone is 2. The molecule has 1 aliphatic rings. The first kappa shape index (κ1) is 17.7. The van der Waals surface area contributed by atoms with Crippen LogP contribution in [0.15, 0.2) is 46.9 Å². The first-order valence-electron chi connectivity index (χ1n) is 7.90. The van der Waals surface area contributed by atoms with Gasteiger partial charge >= 0.3 is 5.97 Å². The Morgan fingerprint density at radius 2 is 2.38 bits per heavy atom. The minimum atomic E-state index is -0.609. The fourth-order valence-electron chi connectivity index (χ4n) is 2.77. The van der Waals surface area contributed by atoms with E-state index >= 15 is 0 Å². The molecular formula is C17H17N5O3S. The molecule has 0 aromatic carbocycles. The summed E-state index contributed by atoms with van der Waals surface area (Å²) in [5.41, 5.74) is 7.38. The van der Waals surface area contributed by atoms with E-state index in [-0.39, 0.29) is 18.1 Å². The molecule has 0 spiro atoms. The number of thiophene rings is 1. The number of nitrogens with two attached hydrogens (primary N) is 1. The van der Waals surface area contributed by atoms with Crippen LogP contribution in [0.2, 0.25) is 0 Å². The van der Waals surface area contributed by atoms with E-state index in [1.54, 1.807) is 24.9 Å². The Kier molecular flexibility index (Phi) is 5.04.